The fourth-order valence-corrected chi connectivity index (χ4v) is 3.68. The monoisotopic (exact) mass is 438 g/mol. The van der Waals surface area contributed by atoms with Gasteiger partial charge in [0.1, 0.15) is 24.2 Å². The van der Waals surface area contributed by atoms with E-state index in [1.54, 1.807) is 18.2 Å². The van der Waals surface area contributed by atoms with Gasteiger partial charge in [-0.05, 0) is 12.1 Å². The van der Waals surface area contributed by atoms with Crippen LogP contribution < -0.4 is 21.2 Å². The Bertz CT molecular complexity index is 1220. The molecule has 8 nitrogen and oxygen atoms in total. The number of carbonyl (C=O) groups excluding carboxylic acids is 1. The summed E-state index contributed by atoms with van der Waals surface area (Å²) in [5.74, 6) is -0.0156. The van der Waals surface area contributed by atoms with Crippen molar-refractivity contribution >= 4 is 5.91 Å². The summed E-state index contributed by atoms with van der Waals surface area (Å²) in [6, 6.07) is 16.4. The van der Waals surface area contributed by atoms with Crippen LogP contribution in [0.1, 0.15) is 17.2 Å². The molecule has 2 aromatic carbocycles. The molecule has 4 rings (SSSR count). The van der Waals surface area contributed by atoms with Crippen molar-refractivity contribution in [2.24, 2.45) is 0 Å². The molecule has 0 spiro atoms. The molecule has 3 aromatic rings. The van der Waals surface area contributed by atoms with Crippen LogP contribution in [0.5, 0.6) is 5.75 Å². The van der Waals surface area contributed by atoms with Crippen LogP contribution in [0.2, 0.25) is 0 Å². The zero-order valence-corrected chi connectivity index (χ0v) is 17.3. The molecule has 0 aliphatic carbocycles. The number of nitrogens with zero attached hydrogens (tertiary/aromatic N) is 2. The third-order valence-electron chi connectivity index (χ3n) is 5.25. The van der Waals surface area contributed by atoms with Gasteiger partial charge < -0.3 is 10.1 Å². The lowest BCUT2D eigenvalue weighted by Gasteiger charge is -2.24. The van der Waals surface area contributed by atoms with E-state index in [0.717, 1.165) is 22.4 Å². The van der Waals surface area contributed by atoms with Gasteiger partial charge in [0.25, 0.3) is 11.1 Å². The molecule has 2 heterocycles. The second-order valence-corrected chi connectivity index (χ2v) is 7.55. The van der Waals surface area contributed by atoms with Gasteiger partial charge in [-0.3, -0.25) is 24.4 Å². The van der Waals surface area contributed by atoms with Crippen LogP contribution in [0.3, 0.4) is 0 Å². The summed E-state index contributed by atoms with van der Waals surface area (Å²) in [4.78, 5) is 37.4. The number of benzene rings is 2. The van der Waals surface area contributed by atoms with E-state index < -0.39 is 23.1 Å². The maximum absolute atomic E-state index is 14.4. The highest BCUT2D eigenvalue weighted by Gasteiger charge is 2.26. The van der Waals surface area contributed by atoms with E-state index in [-0.39, 0.29) is 12.4 Å². The number of fused-ring (bicyclic) bond motifs is 1. The average molecular weight is 438 g/mol. The number of ether oxygens (including phenoxy) is 1. The van der Waals surface area contributed by atoms with Gasteiger partial charge in [-0.2, -0.15) is 0 Å². The van der Waals surface area contributed by atoms with Crippen LogP contribution >= 0.6 is 0 Å². The number of halogens is 1. The Hall–Kier alpha value is -3.72. The van der Waals surface area contributed by atoms with Crippen molar-refractivity contribution in [1.82, 2.24) is 20.0 Å². The van der Waals surface area contributed by atoms with Crippen molar-refractivity contribution in [2.75, 3.05) is 19.6 Å². The van der Waals surface area contributed by atoms with E-state index in [9.17, 15) is 18.8 Å². The summed E-state index contributed by atoms with van der Waals surface area (Å²) in [5, 5.41) is 5.08. The summed E-state index contributed by atoms with van der Waals surface area (Å²) in [5.41, 5.74) is 0.533. The predicted octanol–water partition coefficient (Wildman–Crippen LogP) is 1.43. The van der Waals surface area contributed by atoms with Gasteiger partial charge in [0.05, 0.1) is 0 Å². The van der Waals surface area contributed by atoms with E-state index >= 15 is 0 Å². The number of para-hydroxylation sites is 1. The maximum Gasteiger partial charge on any atom is 0.265 e. The topological polar surface area (TPSA) is 96.4 Å². The van der Waals surface area contributed by atoms with E-state index in [1.807, 2.05) is 24.3 Å². The molecule has 2 N–H and O–H groups in total. The van der Waals surface area contributed by atoms with Crippen LogP contribution in [0, 0.1) is 5.82 Å². The van der Waals surface area contributed by atoms with Crippen molar-refractivity contribution < 1.29 is 13.9 Å². The van der Waals surface area contributed by atoms with Crippen molar-refractivity contribution in [3.05, 3.63) is 98.3 Å². The Morgan fingerprint density at radius 3 is 2.72 bits per heavy atom. The normalized spacial score (nSPS) is 16.0. The van der Waals surface area contributed by atoms with Crippen molar-refractivity contribution in [2.45, 2.75) is 19.2 Å². The van der Waals surface area contributed by atoms with E-state index in [1.165, 1.54) is 6.07 Å². The Balaban J connectivity index is 1.42. The first-order chi connectivity index (χ1) is 15.5. The van der Waals surface area contributed by atoms with Gasteiger partial charge in [-0.25, -0.2) is 9.07 Å². The predicted molar refractivity (Wildman–Crippen MR) is 116 cm³/mol. The van der Waals surface area contributed by atoms with Gasteiger partial charge in [-0.15, -0.1) is 0 Å². The summed E-state index contributed by atoms with van der Waals surface area (Å²) < 4.78 is 21.5. The smallest absolute Gasteiger partial charge is 0.265 e. The highest BCUT2D eigenvalue weighted by atomic mass is 19.1. The number of H-pyrrole nitrogens is 1. The highest BCUT2D eigenvalue weighted by Crippen LogP contribution is 2.31. The Labute approximate surface area is 183 Å². The van der Waals surface area contributed by atoms with Crippen molar-refractivity contribution in [3.63, 3.8) is 0 Å². The molecule has 1 atom stereocenters. The van der Waals surface area contributed by atoms with Crippen LogP contribution in [-0.4, -0.2) is 40.2 Å². The highest BCUT2D eigenvalue weighted by molar-refractivity contribution is 5.75. The molecule has 1 aliphatic heterocycles. The van der Waals surface area contributed by atoms with E-state index in [2.05, 4.69) is 15.3 Å². The molecule has 0 radical (unpaired) electrons. The molecule has 0 saturated carbocycles. The molecule has 1 unspecified atom stereocenters. The second kappa shape index (κ2) is 9.61. The van der Waals surface area contributed by atoms with E-state index in [4.69, 9.17) is 4.74 Å². The zero-order valence-electron chi connectivity index (χ0n) is 17.3. The maximum atomic E-state index is 14.4. The SMILES string of the molecule is O=C(Cn1[nH]c(=O)ccc1=O)NCCN1Cc2ccccc2OC(c2ccccc2F)C1. The fourth-order valence-electron chi connectivity index (χ4n) is 3.68. The van der Waals surface area contributed by atoms with Crippen LogP contribution in [0.25, 0.3) is 0 Å². The van der Waals surface area contributed by atoms with Crippen molar-refractivity contribution in [1.29, 1.82) is 0 Å². The van der Waals surface area contributed by atoms with Gasteiger partial charge in [0.15, 0.2) is 0 Å². The molecule has 32 heavy (non-hydrogen) atoms. The molecule has 1 amide bonds. The quantitative estimate of drug-likeness (QED) is 0.607. The first-order valence-corrected chi connectivity index (χ1v) is 10.3. The number of nitrogens with one attached hydrogen (secondary N) is 2. The van der Waals surface area contributed by atoms with Gasteiger partial charge in [0, 0.05) is 49.4 Å². The average Bonchev–Trinajstić information content (AvgIpc) is 2.96. The Morgan fingerprint density at radius 2 is 1.88 bits per heavy atom. The molecule has 1 aromatic heterocycles. The molecular formula is C23H23FN4O4. The largest absolute Gasteiger partial charge is 0.484 e. The van der Waals surface area contributed by atoms with Crippen LogP contribution in [0.15, 0.2) is 70.3 Å². The van der Waals surface area contributed by atoms with Crippen LogP contribution in [-0.2, 0) is 17.9 Å². The molecule has 0 bridgehead atoms. The Morgan fingerprint density at radius 1 is 1.09 bits per heavy atom. The number of rotatable bonds is 6. The second-order valence-electron chi connectivity index (χ2n) is 7.55. The molecule has 166 valence electrons. The number of aromatic nitrogens is 2. The summed E-state index contributed by atoms with van der Waals surface area (Å²) in [6.07, 6.45) is -0.497. The lowest BCUT2D eigenvalue weighted by Crippen LogP contribution is -2.40. The minimum atomic E-state index is -0.497. The number of carbonyl (C=O) groups is 1. The molecule has 9 heteroatoms. The van der Waals surface area contributed by atoms with E-state index in [0.29, 0.717) is 37.5 Å². The standard InChI is InChI=1S/C23H23FN4O4/c24-18-7-3-2-6-17(18)20-14-27(13-16-5-1-4-8-19(16)32-20)12-11-25-22(30)15-28-23(31)10-9-21(29)26-28/h1-10,20H,11-15H2,(H,25,30)(H,26,29). The first-order valence-electron chi connectivity index (χ1n) is 10.3. The van der Waals surface area contributed by atoms with Gasteiger partial charge in [0.2, 0.25) is 5.91 Å². The number of hydrogen-bond acceptors (Lipinski definition) is 5. The Kier molecular flexibility index (Phi) is 6.46. The minimum Gasteiger partial charge on any atom is -0.484 e. The third-order valence-corrected chi connectivity index (χ3v) is 5.25. The lowest BCUT2D eigenvalue weighted by atomic mass is 10.1. The minimum absolute atomic E-state index is 0.279. The molecular weight excluding hydrogens is 415 g/mol. The van der Waals surface area contributed by atoms with Crippen LogP contribution in [0.4, 0.5) is 4.39 Å². The zero-order chi connectivity index (χ0) is 22.5. The fraction of sp³-hybridized carbons (Fsp3) is 0.261. The van der Waals surface area contributed by atoms with Gasteiger partial charge >= 0.3 is 0 Å². The number of aromatic amines is 1. The summed E-state index contributed by atoms with van der Waals surface area (Å²) in [6.45, 7) is 1.56. The lowest BCUT2D eigenvalue weighted by molar-refractivity contribution is -0.122. The van der Waals surface area contributed by atoms with Gasteiger partial charge in [-0.1, -0.05) is 36.4 Å². The number of amides is 1. The molecule has 0 saturated heterocycles. The van der Waals surface area contributed by atoms with Crippen molar-refractivity contribution in [3.8, 4) is 5.75 Å². The summed E-state index contributed by atoms with van der Waals surface area (Å²) >= 11 is 0. The third kappa shape index (κ3) is 5.12. The molecule has 1 aliphatic rings. The molecule has 0 fully saturated rings. The number of hydrogen-bond donors (Lipinski definition) is 2. The first kappa shape index (κ1) is 21.5. The summed E-state index contributed by atoms with van der Waals surface area (Å²) in [7, 11) is 0.